The van der Waals surface area contributed by atoms with Crippen LogP contribution in [0.3, 0.4) is 0 Å². The molecule has 1 unspecified atom stereocenters. The third-order valence-electron chi connectivity index (χ3n) is 1.78. The summed E-state index contributed by atoms with van der Waals surface area (Å²) in [6.07, 6.45) is 2.44. The molecule has 0 aromatic rings. The third-order valence-corrected chi connectivity index (χ3v) is 1.78. The van der Waals surface area contributed by atoms with Crippen molar-refractivity contribution in [2.45, 2.75) is 33.3 Å². The zero-order valence-electron chi connectivity index (χ0n) is 10.9. The number of rotatable bonds is 6. The Morgan fingerprint density at radius 2 is 1.61 bits per heavy atom. The predicted molar refractivity (Wildman–Crippen MR) is 67.0 cm³/mol. The van der Waals surface area contributed by atoms with Crippen LogP contribution in [-0.4, -0.2) is 24.6 Å². The Hall–Kier alpha value is -1.98. The maximum absolute atomic E-state index is 11.2. The lowest BCUT2D eigenvalue weighted by Crippen LogP contribution is -2.17. The first kappa shape index (κ1) is 16.0. The monoisotopic (exact) mass is 256 g/mol. The molecular formula is C12H20N2O4. The molecule has 18 heavy (non-hydrogen) atoms. The predicted octanol–water partition coefficient (Wildman–Crippen LogP) is 0.576. The highest BCUT2D eigenvalue weighted by Gasteiger charge is 2.08. The van der Waals surface area contributed by atoms with Crippen LogP contribution in [0.15, 0.2) is 23.5 Å². The van der Waals surface area contributed by atoms with E-state index < -0.39 is 11.9 Å². The summed E-state index contributed by atoms with van der Waals surface area (Å²) in [5, 5.41) is 0. The Morgan fingerprint density at radius 1 is 1.11 bits per heavy atom. The molecule has 0 aromatic carbocycles. The molecule has 0 fully saturated rings. The summed E-state index contributed by atoms with van der Waals surface area (Å²) < 4.78 is 9.86. The number of nitrogens with two attached hydrogens (primary N) is 2. The summed E-state index contributed by atoms with van der Waals surface area (Å²) in [7, 11) is 0. The summed E-state index contributed by atoms with van der Waals surface area (Å²) >= 11 is 0. The molecule has 6 heteroatoms. The number of carbonyl (C=O) groups excluding carboxylic acids is 2. The lowest BCUT2D eigenvalue weighted by atomic mass is 10.3. The van der Waals surface area contributed by atoms with E-state index in [1.165, 1.54) is 12.2 Å². The molecule has 102 valence electrons. The second-order valence-corrected chi connectivity index (χ2v) is 3.98. The van der Waals surface area contributed by atoms with E-state index in [9.17, 15) is 9.59 Å². The number of ether oxygens (including phenoxy) is 2. The van der Waals surface area contributed by atoms with Gasteiger partial charge in [0.05, 0.1) is 6.61 Å². The van der Waals surface area contributed by atoms with Gasteiger partial charge in [-0.25, -0.2) is 9.59 Å². The van der Waals surface area contributed by atoms with Gasteiger partial charge in [0, 0.05) is 30.0 Å². The van der Waals surface area contributed by atoms with Crippen molar-refractivity contribution in [3.8, 4) is 0 Å². The maximum atomic E-state index is 11.2. The molecule has 0 aliphatic rings. The van der Waals surface area contributed by atoms with E-state index in [1.54, 1.807) is 20.8 Å². The van der Waals surface area contributed by atoms with Crippen LogP contribution >= 0.6 is 0 Å². The maximum Gasteiger partial charge on any atom is 0.332 e. The first-order valence-corrected chi connectivity index (χ1v) is 5.56. The molecule has 6 nitrogen and oxygen atoms in total. The molecule has 0 aliphatic heterocycles. The van der Waals surface area contributed by atoms with Gasteiger partial charge in [0.15, 0.2) is 0 Å². The van der Waals surface area contributed by atoms with Gasteiger partial charge in [-0.15, -0.1) is 0 Å². The summed E-state index contributed by atoms with van der Waals surface area (Å²) in [4.78, 5) is 22.3. The number of esters is 2. The molecule has 0 bridgehead atoms. The van der Waals surface area contributed by atoms with Gasteiger partial charge >= 0.3 is 11.9 Å². The van der Waals surface area contributed by atoms with Crippen LogP contribution in [0.4, 0.5) is 0 Å². The van der Waals surface area contributed by atoms with Gasteiger partial charge in [-0.2, -0.15) is 0 Å². The largest absolute Gasteiger partial charge is 0.462 e. The van der Waals surface area contributed by atoms with Crippen LogP contribution in [0.5, 0.6) is 0 Å². The highest BCUT2D eigenvalue weighted by atomic mass is 16.6. The van der Waals surface area contributed by atoms with Crippen LogP contribution < -0.4 is 11.5 Å². The van der Waals surface area contributed by atoms with Crippen molar-refractivity contribution in [2.24, 2.45) is 11.5 Å². The molecular weight excluding hydrogens is 236 g/mol. The lowest BCUT2D eigenvalue weighted by molar-refractivity contribution is -0.144. The lowest BCUT2D eigenvalue weighted by Gasteiger charge is -2.11. The summed E-state index contributed by atoms with van der Waals surface area (Å²) in [6.45, 7) is 5.04. The van der Waals surface area contributed by atoms with Crippen LogP contribution in [0, 0.1) is 0 Å². The van der Waals surface area contributed by atoms with Crippen LogP contribution in [0.1, 0.15) is 27.2 Å². The SMILES string of the molecule is C/C(N)=C/C(=O)OCCC(C)OC(=O)/C=C(/C)N. The Kier molecular flexibility index (Phi) is 7.26. The molecule has 0 radical (unpaired) electrons. The van der Waals surface area contributed by atoms with Gasteiger partial charge in [-0.1, -0.05) is 0 Å². The van der Waals surface area contributed by atoms with E-state index in [0.717, 1.165) is 0 Å². The molecule has 0 rings (SSSR count). The van der Waals surface area contributed by atoms with Gasteiger partial charge < -0.3 is 20.9 Å². The molecule has 0 aliphatic carbocycles. The van der Waals surface area contributed by atoms with Crippen molar-refractivity contribution in [3.63, 3.8) is 0 Å². The van der Waals surface area contributed by atoms with E-state index in [-0.39, 0.29) is 12.7 Å². The second kappa shape index (κ2) is 8.16. The molecule has 1 atom stereocenters. The Bertz CT molecular complexity index is 353. The topological polar surface area (TPSA) is 105 Å². The molecule has 0 saturated heterocycles. The fourth-order valence-electron chi connectivity index (χ4n) is 1.03. The van der Waals surface area contributed by atoms with Gasteiger partial charge in [0.25, 0.3) is 0 Å². The van der Waals surface area contributed by atoms with E-state index in [2.05, 4.69) is 0 Å². The van der Waals surface area contributed by atoms with Crippen molar-refractivity contribution in [2.75, 3.05) is 6.61 Å². The van der Waals surface area contributed by atoms with Gasteiger partial charge in [0.1, 0.15) is 6.10 Å². The van der Waals surface area contributed by atoms with Crippen LogP contribution in [-0.2, 0) is 19.1 Å². The minimum absolute atomic E-state index is 0.155. The Labute approximate surface area is 107 Å². The summed E-state index contributed by atoms with van der Waals surface area (Å²) in [5.74, 6) is -1.02. The van der Waals surface area contributed by atoms with Gasteiger partial charge in [0.2, 0.25) is 0 Å². The zero-order chi connectivity index (χ0) is 14.1. The zero-order valence-corrected chi connectivity index (χ0v) is 10.9. The van der Waals surface area contributed by atoms with Crippen molar-refractivity contribution < 1.29 is 19.1 Å². The number of hydrogen-bond acceptors (Lipinski definition) is 6. The fraction of sp³-hybridized carbons (Fsp3) is 0.500. The molecule has 0 spiro atoms. The number of allylic oxidation sites excluding steroid dienone is 2. The third kappa shape index (κ3) is 9.26. The van der Waals surface area contributed by atoms with Crippen molar-refractivity contribution >= 4 is 11.9 Å². The molecule has 0 heterocycles. The molecule has 0 saturated carbocycles. The van der Waals surface area contributed by atoms with Crippen molar-refractivity contribution in [1.29, 1.82) is 0 Å². The Morgan fingerprint density at radius 3 is 2.11 bits per heavy atom. The average molecular weight is 256 g/mol. The van der Waals surface area contributed by atoms with Crippen molar-refractivity contribution in [3.05, 3.63) is 23.5 Å². The summed E-state index contributed by atoms with van der Waals surface area (Å²) in [6, 6.07) is 0. The normalized spacial score (nSPS) is 13.9. The van der Waals surface area contributed by atoms with E-state index in [0.29, 0.717) is 17.8 Å². The number of carbonyl (C=O) groups is 2. The number of hydrogen-bond donors (Lipinski definition) is 2. The Balaban J connectivity index is 3.88. The standard InChI is InChI=1S/C12H20N2O4/c1-8(13)6-11(15)17-5-4-10(3)18-12(16)7-9(2)14/h6-7,10H,4-5,13-14H2,1-3H3/b8-6-,9-7-. The average Bonchev–Trinajstić information content (AvgIpc) is 2.13. The molecule has 4 N–H and O–H groups in total. The minimum Gasteiger partial charge on any atom is -0.462 e. The first-order valence-electron chi connectivity index (χ1n) is 5.56. The second-order valence-electron chi connectivity index (χ2n) is 3.98. The summed E-state index contributed by atoms with van der Waals surface area (Å²) in [5.41, 5.74) is 11.4. The fourth-order valence-corrected chi connectivity index (χ4v) is 1.03. The van der Waals surface area contributed by atoms with E-state index in [1.807, 2.05) is 0 Å². The smallest absolute Gasteiger partial charge is 0.332 e. The first-order chi connectivity index (χ1) is 8.31. The van der Waals surface area contributed by atoms with Crippen molar-refractivity contribution in [1.82, 2.24) is 0 Å². The van der Waals surface area contributed by atoms with Crippen LogP contribution in [0.2, 0.25) is 0 Å². The highest BCUT2D eigenvalue weighted by Crippen LogP contribution is 2.00. The van der Waals surface area contributed by atoms with E-state index >= 15 is 0 Å². The van der Waals surface area contributed by atoms with E-state index in [4.69, 9.17) is 20.9 Å². The minimum atomic E-state index is -0.508. The van der Waals surface area contributed by atoms with Crippen LogP contribution in [0.25, 0.3) is 0 Å². The highest BCUT2D eigenvalue weighted by molar-refractivity contribution is 5.83. The molecule has 0 aromatic heterocycles. The molecule has 0 amide bonds. The van der Waals surface area contributed by atoms with Gasteiger partial charge in [-0.05, 0) is 20.8 Å². The quantitative estimate of drug-likeness (QED) is 0.532. The van der Waals surface area contributed by atoms with Gasteiger partial charge in [-0.3, -0.25) is 0 Å².